The van der Waals surface area contributed by atoms with Crippen LogP contribution in [0.5, 0.6) is 0 Å². The zero-order chi connectivity index (χ0) is 17.1. The molecule has 1 aliphatic heterocycles. The number of rotatable bonds is 5. The zero-order valence-corrected chi connectivity index (χ0v) is 14.3. The summed E-state index contributed by atoms with van der Waals surface area (Å²) in [6.07, 6.45) is 4.52. The average molecular weight is 330 g/mol. The van der Waals surface area contributed by atoms with Crippen LogP contribution in [0.1, 0.15) is 36.4 Å². The second-order valence-electron chi connectivity index (χ2n) is 6.20. The summed E-state index contributed by atoms with van der Waals surface area (Å²) in [6, 6.07) is 0.153. The van der Waals surface area contributed by atoms with Gasteiger partial charge in [0.1, 0.15) is 0 Å². The van der Waals surface area contributed by atoms with Gasteiger partial charge in [-0.15, -0.1) is 0 Å². The minimum absolute atomic E-state index is 0.0273. The van der Waals surface area contributed by atoms with Gasteiger partial charge in [-0.1, -0.05) is 5.16 Å². The number of nitrogens with zero attached hydrogens (tertiary/aromatic N) is 6. The van der Waals surface area contributed by atoms with Crippen LogP contribution in [0.15, 0.2) is 16.9 Å². The SMILES string of the molecule is CC(=O)N(Cc1noc(C)n1)C1CCN(Cc2cnc(C)cn2)C1. The first-order chi connectivity index (χ1) is 11.5. The van der Waals surface area contributed by atoms with E-state index >= 15 is 0 Å². The molecule has 1 fully saturated rings. The van der Waals surface area contributed by atoms with Crippen LogP contribution in [-0.4, -0.2) is 54.9 Å². The van der Waals surface area contributed by atoms with Crippen LogP contribution >= 0.6 is 0 Å². The molecule has 0 bridgehead atoms. The molecular formula is C16H22N6O2. The Morgan fingerprint density at radius 1 is 1.38 bits per heavy atom. The molecular weight excluding hydrogens is 308 g/mol. The quantitative estimate of drug-likeness (QED) is 0.811. The first-order valence-electron chi connectivity index (χ1n) is 8.07. The van der Waals surface area contributed by atoms with E-state index in [1.807, 2.05) is 18.0 Å². The van der Waals surface area contributed by atoms with Crippen molar-refractivity contribution in [2.45, 2.75) is 46.3 Å². The molecule has 2 aromatic heterocycles. The summed E-state index contributed by atoms with van der Waals surface area (Å²) < 4.78 is 4.99. The van der Waals surface area contributed by atoms with Gasteiger partial charge in [0, 0.05) is 51.9 Å². The van der Waals surface area contributed by atoms with Crippen LogP contribution in [0, 0.1) is 13.8 Å². The fraction of sp³-hybridized carbons (Fsp3) is 0.562. The molecule has 1 amide bonds. The fourth-order valence-electron chi connectivity index (χ4n) is 3.00. The lowest BCUT2D eigenvalue weighted by atomic mass is 10.2. The van der Waals surface area contributed by atoms with Gasteiger partial charge in [0.05, 0.1) is 17.9 Å². The van der Waals surface area contributed by atoms with Crippen LogP contribution < -0.4 is 0 Å². The van der Waals surface area contributed by atoms with E-state index in [9.17, 15) is 4.79 Å². The third kappa shape index (κ3) is 3.94. The Kier molecular flexibility index (Phi) is 4.84. The third-order valence-electron chi connectivity index (χ3n) is 4.19. The van der Waals surface area contributed by atoms with Gasteiger partial charge in [-0.05, 0) is 13.3 Å². The summed E-state index contributed by atoms with van der Waals surface area (Å²) in [6.45, 7) is 8.12. The summed E-state index contributed by atoms with van der Waals surface area (Å²) in [5, 5.41) is 3.89. The monoisotopic (exact) mass is 330 g/mol. The van der Waals surface area contributed by atoms with E-state index in [-0.39, 0.29) is 11.9 Å². The Labute approximate surface area is 140 Å². The number of hydrogen-bond donors (Lipinski definition) is 0. The zero-order valence-electron chi connectivity index (χ0n) is 14.3. The molecule has 8 heteroatoms. The van der Waals surface area contributed by atoms with E-state index < -0.39 is 0 Å². The van der Waals surface area contributed by atoms with E-state index in [0.29, 0.717) is 18.3 Å². The van der Waals surface area contributed by atoms with Gasteiger partial charge in [-0.3, -0.25) is 19.7 Å². The van der Waals surface area contributed by atoms with E-state index in [2.05, 4.69) is 25.0 Å². The van der Waals surface area contributed by atoms with Crippen molar-refractivity contribution in [3.8, 4) is 0 Å². The van der Waals surface area contributed by atoms with Gasteiger partial charge < -0.3 is 9.42 Å². The maximum atomic E-state index is 12.0. The molecule has 0 aromatic carbocycles. The number of hydrogen-bond acceptors (Lipinski definition) is 7. The largest absolute Gasteiger partial charge is 0.340 e. The van der Waals surface area contributed by atoms with E-state index in [4.69, 9.17) is 4.52 Å². The van der Waals surface area contributed by atoms with Crippen molar-refractivity contribution in [1.82, 2.24) is 29.9 Å². The highest BCUT2D eigenvalue weighted by Gasteiger charge is 2.30. The third-order valence-corrected chi connectivity index (χ3v) is 4.19. The maximum absolute atomic E-state index is 12.0. The second-order valence-corrected chi connectivity index (χ2v) is 6.20. The van der Waals surface area contributed by atoms with E-state index in [1.54, 1.807) is 20.0 Å². The van der Waals surface area contributed by atoms with Crippen molar-refractivity contribution < 1.29 is 9.32 Å². The fourth-order valence-corrected chi connectivity index (χ4v) is 3.00. The first-order valence-corrected chi connectivity index (χ1v) is 8.07. The molecule has 128 valence electrons. The maximum Gasteiger partial charge on any atom is 0.223 e. The molecule has 0 aliphatic carbocycles. The van der Waals surface area contributed by atoms with Gasteiger partial charge in [0.25, 0.3) is 0 Å². The van der Waals surface area contributed by atoms with E-state index in [0.717, 1.165) is 37.4 Å². The molecule has 1 aliphatic rings. The molecule has 3 rings (SSSR count). The second kappa shape index (κ2) is 7.04. The van der Waals surface area contributed by atoms with E-state index in [1.165, 1.54) is 0 Å². The lowest BCUT2D eigenvalue weighted by Gasteiger charge is -2.26. The van der Waals surface area contributed by atoms with Gasteiger partial charge in [0.2, 0.25) is 11.8 Å². The van der Waals surface area contributed by atoms with Crippen molar-refractivity contribution >= 4 is 5.91 Å². The lowest BCUT2D eigenvalue weighted by molar-refractivity contribution is -0.131. The molecule has 1 saturated heterocycles. The van der Waals surface area contributed by atoms with Gasteiger partial charge >= 0.3 is 0 Å². The standard InChI is InChI=1S/C16H22N6O2/c1-11-6-18-14(7-17-11)8-21-5-4-15(9-21)22(13(3)23)10-16-19-12(2)24-20-16/h6-7,15H,4-5,8-10H2,1-3H3. The number of likely N-dealkylation sites (tertiary alicyclic amines) is 1. The molecule has 1 atom stereocenters. The Morgan fingerprint density at radius 3 is 2.83 bits per heavy atom. The summed E-state index contributed by atoms with van der Waals surface area (Å²) >= 11 is 0. The number of carbonyl (C=O) groups is 1. The lowest BCUT2D eigenvalue weighted by Crippen LogP contribution is -2.40. The first kappa shape index (κ1) is 16.5. The van der Waals surface area contributed by atoms with Crippen LogP contribution in [0.2, 0.25) is 0 Å². The minimum Gasteiger partial charge on any atom is -0.340 e. The summed E-state index contributed by atoms with van der Waals surface area (Å²) in [7, 11) is 0. The molecule has 0 radical (unpaired) electrons. The van der Waals surface area contributed by atoms with Gasteiger partial charge in [0.15, 0.2) is 5.82 Å². The van der Waals surface area contributed by atoms with Crippen molar-refractivity contribution in [2.75, 3.05) is 13.1 Å². The molecule has 0 N–H and O–H groups in total. The highest BCUT2D eigenvalue weighted by Crippen LogP contribution is 2.19. The Hall–Kier alpha value is -2.35. The Balaban J connectivity index is 1.61. The smallest absolute Gasteiger partial charge is 0.223 e. The van der Waals surface area contributed by atoms with Crippen LogP contribution in [0.25, 0.3) is 0 Å². The molecule has 3 heterocycles. The molecule has 0 saturated carbocycles. The number of aromatic nitrogens is 4. The van der Waals surface area contributed by atoms with Crippen LogP contribution in [0.3, 0.4) is 0 Å². The summed E-state index contributed by atoms with van der Waals surface area (Å²) in [5.74, 6) is 1.09. The van der Waals surface area contributed by atoms with Crippen molar-refractivity contribution in [1.29, 1.82) is 0 Å². The number of aryl methyl sites for hydroxylation is 2. The number of amides is 1. The number of carbonyl (C=O) groups excluding carboxylic acids is 1. The molecule has 0 spiro atoms. The van der Waals surface area contributed by atoms with Gasteiger partial charge in [-0.25, -0.2) is 0 Å². The molecule has 2 aromatic rings. The summed E-state index contributed by atoms with van der Waals surface area (Å²) in [5.41, 5.74) is 1.86. The van der Waals surface area contributed by atoms with Crippen molar-refractivity contribution in [3.05, 3.63) is 35.5 Å². The van der Waals surface area contributed by atoms with Crippen molar-refractivity contribution in [2.24, 2.45) is 0 Å². The minimum atomic E-state index is 0.0273. The predicted molar refractivity (Wildman–Crippen MR) is 85.7 cm³/mol. The normalized spacial score (nSPS) is 18.0. The van der Waals surface area contributed by atoms with Crippen LogP contribution in [-0.2, 0) is 17.9 Å². The topological polar surface area (TPSA) is 88.3 Å². The Morgan fingerprint density at radius 2 is 2.21 bits per heavy atom. The highest BCUT2D eigenvalue weighted by atomic mass is 16.5. The average Bonchev–Trinajstić information content (AvgIpc) is 3.16. The Bertz CT molecular complexity index is 699. The molecule has 24 heavy (non-hydrogen) atoms. The van der Waals surface area contributed by atoms with Gasteiger partial charge in [-0.2, -0.15) is 4.98 Å². The molecule has 1 unspecified atom stereocenters. The molecule has 8 nitrogen and oxygen atoms in total. The predicted octanol–water partition coefficient (Wildman–Crippen LogP) is 1.10. The highest BCUT2D eigenvalue weighted by molar-refractivity contribution is 5.73. The van der Waals surface area contributed by atoms with Crippen molar-refractivity contribution in [3.63, 3.8) is 0 Å². The van der Waals surface area contributed by atoms with Crippen LogP contribution in [0.4, 0.5) is 0 Å². The summed E-state index contributed by atoms with van der Waals surface area (Å²) in [4.78, 5) is 29.0.